The van der Waals surface area contributed by atoms with Gasteiger partial charge in [0, 0.05) is 33.3 Å². The van der Waals surface area contributed by atoms with Crippen molar-refractivity contribution in [2.24, 2.45) is 0 Å². The first-order valence-electron chi connectivity index (χ1n) is 12.7. The molecule has 2 saturated heterocycles. The Hall–Kier alpha value is -2.75. The lowest BCUT2D eigenvalue weighted by atomic mass is 10.0. The molecule has 0 aliphatic carbocycles. The minimum Gasteiger partial charge on any atom is -0.384 e. The number of nitriles is 1. The number of alkyl halides is 3. The molecule has 0 unspecified atom stereocenters. The van der Waals surface area contributed by atoms with Gasteiger partial charge in [-0.3, -0.25) is 14.5 Å². The van der Waals surface area contributed by atoms with Crippen LogP contribution in [0.1, 0.15) is 50.7 Å². The van der Waals surface area contributed by atoms with E-state index < -0.39 is 28.7 Å². The molecule has 0 radical (unpaired) electrons. The van der Waals surface area contributed by atoms with Gasteiger partial charge in [0.15, 0.2) is 5.11 Å². The van der Waals surface area contributed by atoms with E-state index in [9.17, 15) is 22.8 Å². The molecule has 2 fully saturated rings. The van der Waals surface area contributed by atoms with Crippen LogP contribution in [0.5, 0.6) is 0 Å². The molecule has 1 aromatic rings. The van der Waals surface area contributed by atoms with Crippen LogP contribution in [0.3, 0.4) is 0 Å². The molecule has 0 saturated carbocycles. The summed E-state index contributed by atoms with van der Waals surface area (Å²) in [6.45, 7) is 8.25. The Bertz CT molecular complexity index is 1090. The number of ether oxygens (including phenoxy) is 1. The summed E-state index contributed by atoms with van der Waals surface area (Å²) in [5, 5.41) is 9.23. The normalized spacial score (nSPS) is 18.6. The number of halogens is 3. The van der Waals surface area contributed by atoms with Crippen LogP contribution in [-0.2, 0) is 20.5 Å². The van der Waals surface area contributed by atoms with Crippen LogP contribution >= 0.6 is 12.2 Å². The highest BCUT2D eigenvalue weighted by Gasteiger charge is 2.49. The predicted molar refractivity (Wildman–Crippen MR) is 140 cm³/mol. The molecule has 0 atom stereocenters. The van der Waals surface area contributed by atoms with Crippen LogP contribution in [0.25, 0.3) is 0 Å². The topological polar surface area (TPSA) is 80.1 Å². The third-order valence-electron chi connectivity index (χ3n) is 7.08. The van der Waals surface area contributed by atoms with Gasteiger partial charge in [-0.1, -0.05) is 0 Å². The van der Waals surface area contributed by atoms with Gasteiger partial charge in [0.2, 0.25) is 5.91 Å². The number of carbonyl (C=O) groups excluding carboxylic acids is 2. The Morgan fingerprint density at radius 3 is 2.53 bits per heavy atom. The monoisotopic (exact) mass is 553 g/mol. The molecule has 0 spiro atoms. The number of nitrogens with zero attached hydrogens (tertiary/aromatic N) is 5. The number of rotatable bonds is 9. The van der Waals surface area contributed by atoms with E-state index in [0.29, 0.717) is 26.1 Å². The number of thiocarbonyl (C=S) groups is 1. The minimum atomic E-state index is -4.73. The number of methoxy groups -OCH3 is 1. The highest BCUT2D eigenvalue weighted by molar-refractivity contribution is 7.80. The maximum absolute atomic E-state index is 13.5. The van der Waals surface area contributed by atoms with Crippen LogP contribution in [0, 0.1) is 11.3 Å². The van der Waals surface area contributed by atoms with Crippen molar-refractivity contribution in [3.63, 3.8) is 0 Å². The van der Waals surface area contributed by atoms with Gasteiger partial charge in [-0.25, -0.2) is 0 Å². The summed E-state index contributed by atoms with van der Waals surface area (Å²) in [6, 6.07) is 4.75. The third kappa shape index (κ3) is 6.62. The molecule has 0 N–H and O–H groups in total. The second-order valence-corrected chi connectivity index (χ2v) is 10.4. The molecule has 12 heteroatoms. The molecule has 1 aromatic carbocycles. The van der Waals surface area contributed by atoms with Crippen molar-refractivity contribution >= 4 is 34.8 Å². The first-order valence-corrected chi connectivity index (χ1v) is 13.1. The van der Waals surface area contributed by atoms with Crippen molar-refractivity contribution in [3.05, 3.63) is 29.3 Å². The Morgan fingerprint density at radius 1 is 1.16 bits per heavy atom. The predicted octanol–water partition coefficient (Wildman–Crippen LogP) is 3.64. The number of hydrogen-bond acceptors (Lipinski definition) is 6. The van der Waals surface area contributed by atoms with Crippen molar-refractivity contribution in [2.45, 2.75) is 51.2 Å². The van der Waals surface area contributed by atoms with Crippen LogP contribution in [0.15, 0.2) is 18.2 Å². The largest absolute Gasteiger partial charge is 0.417 e. The van der Waals surface area contributed by atoms with Gasteiger partial charge in [-0.15, -0.1) is 0 Å². The molecule has 0 bridgehead atoms. The fourth-order valence-electron chi connectivity index (χ4n) is 4.84. The Morgan fingerprint density at radius 2 is 1.87 bits per heavy atom. The molecular formula is C26H34F3N5O3S. The second kappa shape index (κ2) is 12.4. The van der Waals surface area contributed by atoms with E-state index in [0.717, 1.165) is 62.5 Å². The molecule has 0 aromatic heterocycles. The summed E-state index contributed by atoms with van der Waals surface area (Å²) in [5.74, 6) is -0.302. The van der Waals surface area contributed by atoms with Crippen LogP contribution in [0.4, 0.5) is 18.9 Å². The van der Waals surface area contributed by atoms with Crippen molar-refractivity contribution in [1.82, 2.24) is 14.7 Å². The standard InChI is InChI=1S/C26H34F3N5O3S/c1-25(2)23(36)34(20-8-7-19(18-30)21(17-20)26(27,28)29)24(38)33(25)13-5-4-10-31-11-6-12-32(15-14-31)22(35)9-16-37-3/h7-8,17H,4-6,9-16H2,1-3H3. The molecule has 8 nitrogen and oxygen atoms in total. The van der Waals surface area contributed by atoms with Crippen LogP contribution in [0.2, 0.25) is 0 Å². The molecule has 208 valence electrons. The van der Waals surface area contributed by atoms with Gasteiger partial charge in [-0.05, 0) is 76.6 Å². The minimum absolute atomic E-state index is 0.00364. The average molecular weight is 554 g/mol. The number of benzene rings is 1. The first-order chi connectivity index (χ1) is 17.9. The summed E-state index contributed by atoms with van der Waals surface area (Å²) in [5.41, 5.74) is -2.63. The van der Waals surface area contributed by atoms with E-state index in [2.05, 4.69) is 4.90 Å². The molecular weight excluding hydrogens is 519 g/mol. The van der Waals surface area contributed by atoms with Crippen molar-refractivity contribution in [3.8, 4) is 6.07 Å². The maximum atomic E-state index is 13.5. The average Bonchev–Trinajstić information content (AvgIpc) is 3.03. The maximum Gasteiger partial charge on any atom is 0.417 e. The molecule has 2 heterocycles. The van der Waals surface area contributed by atoms with Crippen LogP contribution < -0.4 is 4.90 Å². The smallest absolute Gasteiger partial charge is 0.384 e. The zero-order chi connectivity index (χ0) is 28.1. The van der Waals surface area contributed by atoms with E-state index in [1.807, 2.05) is 4.90 Å². The van der Waals surface area contributed by atoms with E-state index in [-0.39, 0.29) is 16.7 Å². The highest BCUT2D eigenvalue weighted by Crippen LogP contribution is 2.37. The number of hydrogen-bond donors (Lipinski definition) is 0. The number of anilines is 1. The van der Waals surface area contributed by atoms with Crippen LogP contribution in [-0.4, -0.2) is 90.2 Å². The number of carbonyl (C=O) groups is 2. The molecule has 38 heavy (non-hydrogen) atoms. The Labute approximate surface area is 226 Å². The molecule has 3 rings (SSSR count). The van der Waals surface area contributed by atoms with E-state index in [1.54, 1.807) is 31.9 Å². The zero-order valence-corrected chi connectivity index (χ0v) is 22.8. The van der Waals surface area contributed by atoms with Crippen molar-refractivity contribution < 1.29 is 27.5 Å². The Balaban J connectivity index is 1.59. The molecule has 2 amide bonds. The molecule has 2 aliphatic rings. The summed E-state index contributed by atoms with van der Waals surface area (Å²) in [6.07, 6.45) is -1.87. The van der Waals surface area contributed by atoms with E-state index in [4.69, 9.17) is 22.2 Å². The fourth-order valence-corrected chi connectivity index (χ4v) is 5.35. The lowest BCUT2D eigenvalue weighted by Crippen LogP contribution is -2.44. The van der Waals surface area contributed by atoms with E-state index in [1.165, 1.54) is 6.07 Å². The highest BCUT2D eigenvalue weighted by atomic mass is 32.1. The lowest BCUT2D eigenvalue weighted by molar-refractivity contribution is -0.138. The van der Waals surface area contributed by atoms with Crippen molar-refractivity contribution in [1.29, 1.82) is 5.26 Å². The van der Waals surface area contributed by atoms with Gasteiger partial charge in [0.1, 0.15) is 5.54 Å². The zero-order valence-electron chi connectivity index (χ0n) is 22.0. The number of amides is 2. The first kappa shape index (κ1) is 29.8. The van der Waals surface area contributed by atoms with Gasteiger partial charge in [0.05, 0.1) is 35.9 Å². The summed E-state index contributed by atoms with van der Waals surface area (Å²) in [4.78, 5) is 32.6. The quantitative estimate of drug-likeness (QED) is 0.341. The lowest BCUT2D eigenvalue weighted by Gasteiger charge is -2.30. The Kier molecular flexibility index (Phi) is 9.73. The van der Waals surface area contributed by atoms with Gasteiger partial charge in [-0.2, -0.15) is 18.4 Å². The van der Waals surface area contributed by atoms with Gasteiger partial charge < -0.3 is 19.4 Å². The SMILES string of the molecule is COCCC(=O)N1CCCN(CCCCN2C(=S)N(c3ccc(C#N)c(C(F)(F)F)c3)C(=O)C2(C)C)CC1. The third-order valence-corrected chi connectivity index (χ3v) is 7.48. The number of unbranched alkanes of at least 4 members (excludes halogenated alkanes) is 1. The second-order valence-electron chi connectivity index (χ2n) is 10.00. The van der Waals surface area contributed by atoms with Gasteiger partial charge >= 0.3 is 6.18 Å². The summed E-state index contributed by atoms with van der Waals surface area (Å²) in [7, 11) is 1.58. The van der Waals surface area contributed by atoms with Crippen molar-refractivity contribution in [2.75, 3.05) is 57.9 Å². The summed E-state index contributed by atoms with van der Waals surface area (Å²) >= 11 is 5.56. The van der Waals surface area contributed by atoms with E-state index >= 15 is 0 Å². The summed E-state index contributed by atoms with van der Waals surface area (Å²) < 4.78 is 45.5. The fraction of sp³-hybridized carbons (Fsp3) is 0.615. The molecule has 2 aliphatic heterocycles. The van der Waals surface area contributed by atoms with Gasteiger partial charge in [0.25, 0.3) is 5.91 Å².